The summed E-state index contributed by atoms with van der Waals surface area (Å²) in [6.45, 7) is 1.55. The summed E-state index contributed by atoms with van der Waals surface area (Å²) in [5.41, 5.74) is 0.931. The summed E-state index contributed by atoms with van der Waals surface area (Å²) >= 11 is 2.64. The number of amidine groups is 1. The number of nitrogens with zero attached hydrogens (tertiary/aromatic N) is 5. The van der Waals surface area contributed by atoms with E-state index in [0.29, 0.717) is 39.3 Å². The summed E-state index contributed by atoms with van der Waals surface area (Å²) in [4.78, 5) is 25.6. The predicted molar refractivity (Wildman–Crippen MR) is 138 cm³/mol. The third-order valence-electron chi connectivity index (χ3n) is 6.06. The third-order valence-corrected chi connectivity index (χ3v) is 9.24. The summed E-state index contributed by atoms with van der Waals surface area (Å²) in [6.07, 6.45) is 4.01. The first-order chi connectivity index (χ1) is 16.0. The molecule has 0 atom stereocenters. The number of aliphatic imine (C=N–C) groups is 1. The molecular weight excluding hydrogens is 494 g/mol. The highest BCUT2D eigenvalue weighted by molar-refractivity contribution is 8.18. The fourth-order valence-electron chi connectivity index (χ4n) is 3.68. The van der Waals surface area contributed by atoms with Crippen molar-refractivity contribution in [1.29, 1.82) is 0 Å². The average molecular weight is 522 g/mol. The molecule has 4 rings (SSSR count). The Labute approximate surface area is 207 Å². The van der Waals surface area contributed by atoms with Crippen LogP contribution in [-0.2, 0) is 14.8 Å². The molecule has 0 saturated carbocycles. The molecule has 3 heterocycles. The Bertz CT molecular complexity index is 1260. The van der Waals surface area contributed by atoms with Crippen LogP contribution in [-0.4, -0.2) is 85.6 Å². The van der Waals surface area contributed by atoms with Crippen LogP contribution in [0.25, 0.3) is 16.6 Å². The molecule has 2 aromatic rings. The molecule has 0 aliphatic carbocycles. The van der Waals surface area contributed by atoms with Crippen molar-refractivity contribution in [2.75, 3.05) is 44.8 Å². The molecule has 0 spiro atoms. The molecule has 1 saturated heterocycles. The van der Waals surface area contributed by atoms with E-state index in [1.165, 1.54) is 34.5 Å². The first-order valence-electron chi connectivity index (χ1n) is 10.6. The second kappa shape index (κ2) is 9.42. The van der Waals surface area contributed by atoms with E-state index in [-0.39, 0.29) is 5.91 Å². The summed E-state index contributed by atoms with van der Waals surface area (Å²) in [7, 11) is 1.93. The molecule has 12 heteroatoms. The van der Waals surface area contributed by atoms with Crippen LogP contribution in [0.3, 0.4) is 0 Å². The van der Waals surface area contributed by atoms with E-state index in [1.807, 2.05) is 18.5 Å². The van der Waals surface area contributed by atoms with Gasteiger partial charge in [-0.1, -0.05) is 12.1 Å². The second-order valence-electron chi connectivity index (χ2n) is 8.51. The summed E-state index contributed by atoms with van der Waals surface area (Å²) in [6, 6.07) is 7.14. The highest BCUT2D eigenvalue weighted by Gasteiger charge is 2.39. The lowest BCUT2D eigenvalue weighted by molar-refractivity contribution is -0.113. The van der Waals surface area contributed by atoms with Crippen LogP contribution in [0, 0.1) is 0 Å². The molecule has 0 bridgehead atoms. The van der Waals surface area contributed by atoms with Crippen molar-refractivity contribution < 1.29 is 18.3 Å². The van der Waals surface area contributed by atoms with Crippen molar-refractivity contribution in [2.45, 2.75) is 18.6 Å². The Balaban J connectivity index is 1.50. The topological polar surface area (TPSA) is 106 Å². The van der Waals surface area contributed by atoms with Gasteiger partial charge < -0.3 is 14.9 Å². The molecule has 1 aromatic heterocycles. The molecule has 9 nitrogen and oxygen atoms in total. The van der Waals surface area contributed by atoms with E-state index in [2.05, 4.69) is 14.9 Å². The van der Waals surface area contributed by atoms with E-state index in [9.17, 15) is 18.3 Å². The maximum atomic E-state index is 12.5. The smallest absolute Gasteiger partial charge is 0.286 e. The number of hydrogen-bond acceptors (Lipinski definition) is 9. The number of benzene rings is 1. The Morgan fingerprint density at radius 2 is 1.94 bits per heavy atom. The van der Waals surface area contributed by atoms with Gasteiger partial charge in [-0.25, -0.2) is 13.4 Å². The number of aromatic nitrogens is 1. The van der Waals surface area contributed by atoms with Gasteiger partial charge in [-0.15, -0.1) is 11.3 Å². The number of sulfonamides is 1. The fourth-order valence-corrected chi connectivity index (χ4v) is 5.89. The van der Waals surface area contributed by atoms with Crippen molar-refractivity contribution >= 4 is 56.0 Å². The van der Waals surface area contributed by atoms with Gasteiger partial charge in [0, 0.05) is 51.0 Å². The number of aliphatic hydroxyl groups is 1. The molecule has 1 amide bonds. The predicted octanol–water partition coefficient (Wildman–Crippen LogP) is 2.52. The van der Waals surface area contributed by atoms with Gasteiger partial charge in [0.1, 0.15) is 10.7 Å². The maximum absolute atomic E-state index is 12.5. The lowest BCUT2D eigenvalue weighted by atomic mass is 10.00. The molecule has 1 N–H and O–H groups in total. The molecule has 2 aliphatic rings. The SMILES string of the molecule is CN1CCC(O)(N(C)C2=NC(=O)/C(=C\c3csc(-c4cccc(N(C)S(C)(=O)=O)c4)n3)S2)CC1. The van der Waals surface area contributed by atoms with Crippen molar-refractivity contribution in [3.05, 3.63) is 40.2 Å². The zero-order valence-corrected chi connectivity index (χ0v) is 21.9. The minimum absolute atomic E-state index is 0.352. The second-order valence-corrected chi connectivity index (χ2v) is 12.4. The number of amides is 1. The van der Waals surface area contributed by atoms with E-state index in [4.69, 9.17) is 0 Å². The third kappa shape index (κ3) is 5.20. The van der Waals surface area contributed by atoms with Gasteiger partial charge in [0.15, 0.2) is 5.17 Å². The van der Waals surface area contributed by atoms with Gasteiger partial charge in [0.25, 0.3) is 5.91 Å². The van der Waals surface area contributed by atoms with Gasteiger partial charge in [-0.05, 0) is 37.0 Å². The Hall–Kier alpha value is -2.25. The highest BCUT2D eigenvalue weighted by Crippen LogP contribution is 2.35. The van der Waals surface area contributed by atoms with Gasteiger partial charge >= 0.3 is 0 Å². The van der Waals surface area contributed by atoms with Crippen LogP contribution in [0.5, 0.6) is 0 Å². The molecule has 2 aliphatic heterocycles. The summed E-state index contributed by atoms with van der Waals surface area (Å²) < 4.78 is 24.9. The molecular formula is C22H27N5O4S3. The van der Waals surface area contributed by atoms with Crippen molar-refractivity contribution in [3.8, 4) is 10.6 Å². The number of rotatable bonds is 5. The number of thioether (sulfide) groups is 1. The molecule has 182 valence electrons. The van der Waals surface area contributed by atoms with Crippen molar-refractivity contribution in [3.63, 3.8) is 0 Å². The summed E-state index contributed by atoms with van der Waals surface area (Å²) in [5.74, 6) is -0.352. The molecule has 0 radical (unpaired) electrons. The average Bonchev–Trinajstić information content (AvgIpc) is 3.41. The van der Waals surface area contributed by atoms with E-state index >= 15 is 0 Å². The Kier molecular flexibility index (Phi) is 6.89. The monoisotopic (exact) mass is 521 g/mol. The minimum atomic E-state index is -3.37. The van der Waals surface area contributed by atoms with Gasteiger partial charge in [-0.3, -0.25) is 9.10 Å². The Morgan fingerprint density at radius 1 is 1.24 bits per heavy atom. The molecule has 1 fully saturated rings. The van der Waals surface area contributed by atoms with Crippen molar-refractivity contribution in [1.82, 2.24) is 14.8 Å². The maximum Gasteiger partial charge on any atom is 0.286 e. The first kappa shape index (κ1) is 24.9. The number of carbonyl (C=O) groups excluding carboxylic acids is 1. The van der Waals surface area contributed by atoms with Crippen LogP contribution in [0.15, 0.2) is 39.5 Å². The quantitative estimate of drug-likeness (QED) is 0.473. The fraction of sp³-hybridized carbons (Fsp3) is 0.409. The lowest BCUT2D eigenvalue weighted by Crippen LogP contribution is -2.54. The highest BCUT2D eigenvalue weighted by atomic mass is 32.2. The number of anilines is 1. The molecule has 0 unspecified atom stereocenters. The van der Waals surface area contributed by atoms with Crippen molar-refractivity contribution in [2.24, 2.45) is 4.99 Å². The zero-order valence-electron chi connectivity index (χ0n) is 19.4. The summed E-state index contributed by atoms with van der Waals surface area (Å²) in [5, 5.41) is 14.1. The largest absolute Gasteiger partial charge is 0.371 e. The van der Waals surface area contributed by atoms with E-state index in [0.717, 1.165) is 24.9 Å². The minimum Gasteiger partial charge on any atom is -0.371 e. The van der Waals surface area contributed by atoms with Crippen LogP contribution >= 0.6 is 23.1 Å². The van der Waals surface area contributed by atoms with Crippen LogP contribution in [0.4, 0.5) is 5.69 Å². The standard InChI is InChI=1S/C22H27N5O4S3/c1-25-10-8-22(29,9-11-25)26(2)21-24-19(28)18(33-21)13-16-14-32-20(23-16)15-6-5-7-17(12-15)27(3)34(4,30)31/h5-7,12-14,29H,8-11H2,1-4H3/b18-13+. The number of thiazole rings is 1. The van der Waals surface area contributed by atoms with Gasteiger partial charge in [-0.2, -0.15) is 4.99 Å². The zero-order chi connectivity index (χ0) is 24.7. The first-order valence-corrected chi connectivity index (χ1v) is 14.2. The van der Waals surface area contributed by atoms with Crippen LogP contribution < -0.4 is 4.31 Å². The molecule has 34 heavy (non-hydrogen) atoms. The number of carbonyl (C=O) groups is 1. The van der Waals surface area contributed by atoms with Crippen LogP contribution in [0.1, 0.15) is 18.5 Å². The molecule has 1 aromatic carbocycles. The van der Waals surface area contributed by atoms with E-state index < -0.39 is 15.7 Å². The van der Waals surface area contributed by atoms with E-state index in [1.54, 1.807) is 36.2 Å². The number of hydrogen-bond donors (Lipinski definition) is 1. The lowest BCUT2D eigenvalue weighted by Gasteiger charge is -2.43. The van der Waals surface area contributed by atoms with Crippen LogP contribution in [0.2, 0.25) is 0 Å². The number of likely N-dealkylation sites (tertiary alicyclic amines) is 1. The Morgan fingerprint density at radius 3 is 2.62 bits per heavy atom. The normalized spacial score (nSPS) is 20.0. The van der Waals surface area contributed by atoms with Gasteiger partial charge in [0.05, 0.1) is 22.5 Å². The number of piperidine rings is 1. The van der Waals surface area contributed by atoms with Gasteiger partial charge in [0.2, 0.25) is 10.0 Å².